The topological polar surface area (TPSA) is 35.5 Å². The molecule has 0 spiro atoms. The third-order valence-electron chi connectivity index (χ3n) is 3.52. The van der Waals surface area contributed by atoms with Crippen molar-refractivity contribution < 1.29 is 14.3 Å². The Bertz CT molecular complexity index is 464. The second-order valence-electron chi connectivity index (χ2n) is 4.82. The molecule has 2 rings (SSSR count). The predicted molar refractivity (Wildman–Crippen MR) is 74.5 cm³/mol. The largest absolute Gasteiger partial charge is 0.514 e. The zero-order chi connectivity index (χ0) is 13.7. The molecule has 3 heteroatoms. The molecule has 0 radical (unpaired) electrons. The smallest absolute Gasteiger partial charge is 0.419 e. The van der Waals surface area contributed by atoms with Crippen LogP contribution in [0.3, 0.4) is 0 Å². The highest BCUT2D eigenvalue weighted by Crippen LogP contribution is 2.39. The highest BCUT2D eigenvalue weighted by atomic mass is 16.8. The van der Waals surface area contributed by atoms with E-state index in [-0.39, 0.29) is 0 Å². The van der Waals surface area contributed by atoms with Gasteiger partial charge in [0, 0.05) is 0 Å². The molecule has 1 aromatic carbocycles. The van der Waals surface area contributed by atoms with Gasteiger partial charge in [0.1, 0.15) is 0 Å². The predicted octanol–water partition coefficient (Wildman–Crippen LogP) is 4.53. The van der Waals surface area contributed by atoms with Crippen molar-refractivity contribution in [2.45, 2.75) is 45.1 Å². The van der Waals surface area contributed by atoms with Crippen LogP contribution in [-0.2, 0) is 9.47 Å². The summed E-state index contributed by atoms with van der Waals surface area (Å²) >= 11 is 0. The number of unbranched alkanes of at least 4 members (excludes halogenated alkanes) is 1. The van der Waals surface area contributed by atoms with Gasteiger partial charge in [0.15, 0.2) is 11.4 Å². The van der Waals surface area contributed by atoms with Crippen molar-refractivity contribution in [2.24, 2.45) is 0 Å². The Morgan fingerprint density at radius 3 is 2.58 bits per heavy atom. The molecule has 0 saturated carbocycles. The minimum atomic E-state index is -0.583. The second-order valence-corrected chi connectivity index (χ2v) is 4.82. The minimum Gasteiger partial charge on any atom is -0.419 e. The van der Waals surface area contributed by atoms with E-state index in [1.165, 1.54) is 0 Å². The third kappa shape index (κ3) is 2.98. The number of carbonyl (C=O) groups is 1. The first kappa shape index (κ1) is 13.7. The van der Waals surface area contributed by atoms with Crippen LogP contribution in [0.25, 0.3) is 6.08 Å². The summed E-state index contributed by atoms with van der Waals surface area (Å²) in [6.07, 6.45) is 4.94. The Labute approximate surface area is 114 Å². The van der Waals surface area contributed by atoms with Crippen LogP contribution in [0, 0.1) is 0 Å². The van der Waals surface area contributed by atoms with E-state index in [4.69, 9.17) is 9.47 Å². The van der Waals surface area contributed by atoms with Crippen LogP contribution in [0.4, 0.5) is 4.79 Å². The number of hydrogen-bond acceptors (Lipinski definition) is 3. The summed E-state index contributed by atoms with van der Waals surface area (Å²) < 4.78 is 10.7. The molecule has 102 valence electrons. The Morgan fingerprint density at radius 2 is 1.95 bits per heavy atom. The summed E-state index contributed by atoms with van der Waals surface area (Å²) in [4.78, 5) is 11.5. The van der Waals surface area contributed by atoms with E-state index in [0.717, 1.165) is 31.2 Å². The molecule has 0 aromatic heterocycles. The maximum atomic E-state index is 11.5. The molecular formula is C16H20O3. The molecule has 1 heterocycles. The van der Waals surface area contributed by atoms with Crippen LogP contribution in [-0.4, -0.2) is 11.8 Å². The van der Waals surface area contributed by atoms with E-state index in [2.05, 4.69) is 6.92 Å². The van der Waals surface area contributed by atoms with Gasteiger partial charge >= 0.3 is 6.16 Å². The first-order chi connectivity index (χ1) is 9.20. The van der Waals surface area contributed by atoms with Crippen molar-refractivity contribution in [1.82, 2.24) is 0 Å². The lowest BCUT2D eigenvalue weighted by atomic mass is 9.90. The number of benzene rings is 1. The molecule has 1 fully saturated rings. The summed E-state index contributed by atoms with van der Waals surface area (Å²) in [7, 11) is 0. The number of rotatable bonds is 5. The van der Waals surface area contributed by atoms with Gasteiger partial charge in [-0.1, -0.05) is 50.6 Å². The van der Waals surface area contributed by atoms with E-state index >= 15 is 0 Å². The van der Waals surface area contributed by atoms with E-state index < -0.39 is 11.8 Å². The monoisotopic (exact) mass is 260 g/mol. The van der Waals surface area contributed by atoms with E-state index in [1.807, 2.05) is 43.3 Å². The van der Waals surface area contributed by atoms with Gasteiger partial charge in [-0.3, -0.25) is 0 Å². The summed E-state index contributed by atoms with van der Waals surface area (Å²) in [6.45, 7) is 4.15. The first-order valence-corrected chi connectivity index (χ1v) is 6.88. The molecule has 19 heavy (non-hydrogen) atoms. The lowest BCUT2D eigenvalue weighted by Crippen LogP contribution is -2.29. The number of cyclic esters (lactones) is 2. The normalized spacial score (nSPS) is 24.3. The van der Waals surface area contributed by atoms with Crippen molar-refractivity contribution in [1.29, 1.82) is 0 Å². The molecule has 1 aliphatic rings. The third-order valence-corrected chi connectivity index (χ3v) is 3.52. The minimum absolute atomic E-state index is 0.580. The summed E-state index contributed by atoms with van der Waals surface area (Å²) in [5, 5.41) is 0. The summed E-state index contributed by atoms with van der Waals surface area (Å²) in [5.74, 6) is 0.639. The highest BCUT2D eigenvalue weighted by molar-refractivity contribution is 5.70. The standard InChI is InChI=1S/C16H20O3/c1-3-5-11-16(4-2)14(18-15(17)19-16)12-13-9-7-6-8-10-13/h6-10,12H,3-5,11H2,1-2H3. The number of hydrogen-bond donors (Lipinski definition) is 0. The molecule has 1 aliphatic heterocycles. The van der Waals surface area contributed by atoms with Crippen LogP contribution >= 0.6 is 0 Å². The SMILES string of the molecule is CCCCC1(CC)OC(=O)OC1=Cc1ccccc1. The van der Waals surface area contributed by atoms with Crippen molar-refractivity contribution >= 4 is 12.2 Å². The van der Waals surface area contributed by atoms with Crippen LogP contribution in [0.2, 0.25) is 0 Å². The Kier molecular flexibility index (Phi) is 4.25. The molecule has 0 bridgehead atoms. The Morgan fingerprint density at radius 1 is 1.21 bits per heavy atom. The fraction of sp³-hybridized carbons (Fsp3) is 0.438. The second kappa shape index (κ2) is 5.91. The van der Waals surface area contributed by atoms with Crippen molar-refractivity contribution in [2.75, 3.05) is 0 Å². The zero-order valence-electron chi connectivity index (χ0n) is 11.5. The van der Waals surface area contributed by atoms with Gasteiger partial charge in [-0.15, -0.1) is 0 Å². The van der Waals surface area contributed by atoms with Crippen molar-refractivity contribution in [3.8, 4) is 0 Å². The highest BCUT2D eigenvalue weighted by Gasteiger charge is 2.45. The van der Waals surface area contributed by atoms with Crippen molar-refractivity contribution in [3.05, 3.63) is 41.7 Å². The average Bonchev–Trinajstić information content (AvgIpc) is 2.74. The Balaban J connectivity index is 2.30. The van der Waals surface area contributed by atoms with Gasteiger partial charge in [0.05, 0.1) is 0 Å². The van der Waals surface area contributed by atoms with Gasteiger partial charge in [0.25, 0.3) is 0 Å². The Hall–Kier alpha value is -1.77. The van der Waals surface area contributed by atoms with Gasteiger partial charge in [-0.2, -0.15) is 0 Å². The first-order valence-electron chi connectivity index (χ1n) is 6.88. The molecule has 0 amide bonds. The van der Waals surface area contributed by atoms with Crippen LogP contribution in [0.5, 0.6) is 0 Å². The quantitative estimate of drug-likeness (QED) is 0.729. The molecule has 1 aromatic rings. The zero-order valence-corrected chi connectivity index (χ0v) is 11.5. The summed E-state index contributed by atoms with van der Waals surface area (Å²) in [6, 6.07) is 9.86. The molecular weight excluding hydrogens is 240 g/mol. The summed E-state index contributed by atoms with van der Waals surface area (Å²) in [5.41, 5.74) is 0.438. The lowest BCUT2D eigenvalue weighted by Gasteiger charge is -2.24. The van der Waals surface area contributed by atoms with E-state index in [0.29, 0.717) is 5.76 Å². The van der Waals surface area contributed by atoms with E-state index in [9.17, 15) is 4.79 Å². The molecule has 1 saturated heterocycles. The molecule has 3 nitrogen and oxygen atoms in total. The molecule has 0 N–H and O–H groups in total. The van der Waals surface area contributed by atoms with Gasteiger partial charge in [-0.05, 0) is 30.9 Å². The fourth-order valence-electron chi connectivity index (χ4n) is 2.33. The molecule has 0 aliphatic carbocycles. The molecule has 1 unspecified atom stereocenters. The molecule has 1 atom stereocenters. The van der Waals surface area contributed by atoms with Crippen LogP contribution in [0.15, 0.2) is 36.1 Å². The van der Waals surface area contributed by atoms with Gasteiger partial charge < -0.3 is 9.47 Å². The number of ether oxygens (including phenoxy) is 2. The van der Waals surface area contributed by atoms with Gasteiger partial charge in [0.2, 0.25) is 0 Å². The lowest BCUT2D eigenvalue weighted by molar-refractivity contribution is 0.0553. The van der Waals surface area contributed by atoms with Crippen LogP contribution < -0.4 is 0 Å². The van der Waals surface area contributed by atoms with Crippen LogP contribution in [0.1, 0.15) is 45.1 Å². The maximum Gasteiger partial charge on any atom is 0.514 e. The average molecular weight is 260 g/mol. The van der Waals surface area contributed by atoms with E-state index in [1.54, 1.807) is 0 Å². The maximum absolute atomic E-state index is 11.5. The van der Waals surface area contributed by atoms with Crippen molar-refractivity contribution in [3.63, 3.8) is 0 Å². The number of carbonyl (C=O) groups excluding carboxylic acids is 1. The fourth-order valence-corrected chi connectivity index (χ4v) is 2.33. The van der Waals surface area contributed by atoms with Gasteiger partial charge in [-0.25, -0.2) is 4.79 Å².